The molecule has 0 saturated carbocycles. The largest absolute Gasteiger partial charge is 0.497 e. The SMILES string of the molecule is COc1ccc(CCN(C(=O)Oc2c(C)cc(C)cc2C)c2ccnc(Nc3ccc(OCCCN4CCCCC4)c(F)c3)n2)cc1. The number of anilines is 3. The zero-order chi connectivity index (χ0) is 33.2. The van der Waals surface area contributed by atoms with Crippen LogP contribution in [0.1, 0.15) is 47.9 Å². The second-order valence-corrected chi connectivity index (χ2v) is 12.0. The molecule has 1 aliphatic heterocycles. The molecule has 1 amide bonds. The number of carbonyl (C=O) groups is 1. The predicted molar refractivity (Wildman–Crippen MR) is 183 cm³/mol. The van der Waals surface area contributed by atoms with Crippen molar-refractivity contribution in [2.24, 2.45) is 0 Å². The number of nitrogens with zero attached hydrogens (tertiary/aromatic N) is 4. The molecule has 0 atom stereocenters. The van der Waals surface area contributed by atoms with Crippen LogP contribution in [0.3, 0.4) is 0 Å². The lowest BCUT2D eigenvalue weighted by molar-refractivity contribution is 0.203. The molecule has 0 spiro atoms. The van der Waals surface area contributed by atoms with E-state index >= 15 is 0 Å². The number of carbonyl (C=O) groups excluding carboxylic acids is 1. The molecule has 9 nitrogen and oxygen atoms in total. The van der Waals surface area contributed by atoms with E-state index in [1.54, 1.807) is 31.5 Å². The van der Waals surface area contributed by atoms with E-state index in [4.69, 9.17) is 14.2 Å². The average molecular weight is 642 g/mol. The number of likely N-dealkylation sites (tertiary alicyclic amines) is 1. The van der Waals surface area contributed by atoms with Gasteiger partial charge < -0.3 is 24.4 Å². The van der Waals surface area contributed by atoms with Gasteiger partial charge >= 0.3 is 6.09 Å². The minimum Gasteiger partial charge on any atom is -0.497 e. The van der Waals surface area contributed by atoms with Crippen molar-refractivity contribution < 1.29 is 23.4 Å². The normalized spacial score (nSPS) is 13.2. The fraction of sp³-hybridized carbons (Fsp3) is 0.378. The number of aryl methyl sites for hydroxylation is 3. The minimum absolute atomic E-state index is 0.206. The second-order valence-electron chi connectivity index (χ2n) is 12.0. The Morgan fingerprint density at radius 1 is 0.979 bits per heavy atom. The highest BCUT2D eigenvalue weighted by Crippen LogP contribution is 2.27. The van der Waals surface area contributed by atoms with E-state index in [2.05, 4.69) is 20.2 Å². The summed E-state index contributed by atoms with van der Waals surface area (Å²) in [6.45, 7) is 9.82. The van der Waals surface area contributed by atoms with Gasteiger partial charge in [0.15, 0.2) is 11.6 Å². The highest BCUT2D eigenvalue weighted by atomic mass is 19.1. The fourth-order valence-electron chi connectivity index (χ4n) is 5.84. The van der Waals surface area contributed by atoms with Gasteiger partial charge in [0.25, 0.3) is 0 Å². The standard InChI is InChI=1S/C37H44FN5O4/c1-26-23-27(2)35(28(3)24-26)47-37(44)43(21-16-29-9-12-31(45-4)13-10-29)34-15-17-39-36(41-34)40-30-11-14-33(32(38)25-30)46-22-8-20-42-18-6-5-7-19-42/h9-15,17,23-25H,5-8,16,18-22H2,1-4H3,(H,39,40,41). The molecule has 10 heteroatoms. The van der Waals surface area contributed by atoms with Crippen LogP contribution in [0.5, 0.6) is 17.2 Å². The number of amides is 1. The summed E-state index contributed by atoms with van der Waals surface area (Å²) in [5, 5.41) is 3.06. The van der Waals surface area contributed by atoms with Crippen LogP contribution in [0.25, 0.3) is 0 Å². The van der Waals surface area contributed by atoms with Gasteiger partial charge in [-0.05, 0) is 107 Å². The molecular formula is C37H44FN5O4. The summed E-state index contributed by atoms with van der Waals surface area (Å²) in [4.78, 5) is 26.6. The highest BCUT2D eigenvalue weighted by Gasteiger charge is 2.22. The van der Waals surface area contributed by atoms with Crippen molar-refractivity contribution in [2.75, 3.05) is 50.1 Å². The smallest absolute Gasteiger partial charge is 0.420 e. The first kappa shape index (κ1) is 33.7. The van der Waals surface area contributed by atoms with Gasteiger partial charge in [-0.3, -0.25) is 4.90 Å². The molecule has 248 valence electrons. The topological polar surface area (TPSA) is 89.0 Å². The lowest BCUT2D eigenvalue weighted by Gasteiger charge is -2.26. The Labute approximate surface area is 276 Å². The van der Waals surface area contributed by atoms with E-state index in [-0.39, 0.29) is 11.7 Å². The second kappa shape index (κ2) is 16.2. The quantitative estimate of drug-likeness (QED) is 0.148. The fourth-order valence-corrected chi connectivity index (χ4v) is 5.84. The third-order valence-electron chi connectivity index (χ3n) is 8.23. The van der Waals surface area contributed by atoms with E-state index in [1.165, 1.54) is 30.2 Å². The van der Waals surface area contributed by atoms with Gasteiger partial charge in [0.2, 0.25) is 5.95 Å². The first-order valence-corrected chi connectivity index (χ1v) is 16.2. The van der Waals surface area contributed by atoms with Crippen molar-refractivity contribution in [3.05, 3.63) is 94.9 Å². The molecule has 5 rings (SSSR count). The average Bonchev–Trinajstić information content (AvgIpc) is 3.06. The van der Waals surface area contributed by atoms with E-state index in [0.29, 0.717) is 36.8 Å². The molecule has 0 aliphatic carbocycles. The van der Waals surface area contributed by atoms with Crippen molar-refractivity contribution in [1.29, 1.82) is 0 Å². The number of methoxy groups -OCH3 is 1. The number of aromatic nitrogens is 2. The van der Waals surface area contributed by atoms with Crippen LogP contribution < -0.4 is 24.4 Å². The molecule has 47 heavy (non-hydrogen) atoms. The van der Waals surface area contributed by atoms with Gasteiger partial charge in [-0.15, -0.1) is 0 Å². The zero-order valence-electron chi connectivity index (χ0n) is 27.7. The summed E-state index contributed by atoms with van der Waals surface area (Å²) in [7, 11) is 1.62. The summed E-state index contributed by atoms with van der Waals surface area (Å²) >= 11 is 0. The number of piperidine rings is 1. The Balaban J connectivity index is 1.28. The van der Waals surface area contributed by atoms with Gasteiger partial charge in [0.05, 0.1) is 13.7 Å². The Kier molecular flexibility index (Phi) is 11.6. The minimum atomic E-state index is -0.564. The number of hydrogen-bond donors (Lipinski definition) is 1. The molecule has 1 aromatic heterocycles. The maximum absolute atomic E-state index is 15.0. The number of nitrogens with one attached hydrogen (secondary N) is 1. The number of halogens is 1. The molecular weight excluding hydrogens is 597 g/mol. The highest BCUT2D eigenvalue weighted by molar-refractivity contribution is 5.88. The van der Waals surface area contributed by atoms with Crippen LogP contribution in [-0.2, 0) is 6.42 Å². The third kappa shape index (κ3) is 9.42. The maximum atomic E-state index is 15.0. The van der Waals surface area contributed by atoms with Crippen molar-refractivity contribution in [2.45, 2.75) is 52.9 Å². The van der Waals surface area contributed by atoms with E-state index in [9.17, 15) is 9.18 Å². The number of ether oxygens (including phenoxy) is 3. The Morgan fingerprint density at radius 3 is 2.43 bits per heavy atom. The van der Waals surface area contributed by atoms with Crippen molar-refractivity contribution in [3.63, 3.8) is 0 Å². The van der Waals surface area contributed by atoms with Crippen LogP contribution in [0.15, 0.2) is 66.9 Å². The van der Waals surface area contributed by atoms with Crippen LogP contribution >= 0.6 is 0 Å². The molecule has 0 bridgehead atoms. The van der Waals surface area contributed by atoms with Gasteiger partial charge in [0.1, 0.15) is 17.3 Å². The lowest BCUT2D eigenvalue weighted by Crippen LogP contribution is -2.36. The van der Waals surface area contributed by atoms with E-state index in [0.717, 1.165) is 54.1 Å². The molecule has 1 aliphatic rings. The first-order chi connectivity index (χ1) is 22.8. The molecule has 0 unspecified atom stereocenters. The van der Waals surface area contributed by atoms with E-state index in [1.807, 2.05) is 57.2 Å². The van der Waals surface area contributed by atoms with Crippen LogP contribution in [-0.4, -0.2) is 60.9 Å². The number of rotatable bonds is 13. The maximum Gasteiger partial charge on any atom is 0.420 e. The predicted octanol–water partition coefficient (Wildman–Crippen LogP) is 7.80. The van der Waals surface area contributed by atoms with Gasteiger partial charge in [0, 0.05) is 31.0 Å². The molecule has 3 aromatic carbocycles. The molecule has 2 heterocycles. The Bertz CT molecular complexity index is 1620. The van der Waals surface area contributed by atoms with Crippen molar-refractivity contribution in [1.82, 2.24) is 14.9 Å². The first-order valence-electron chi connectivity index (χ1n) is 16.2. The molecule has 0 radical (unpaired) electrons. The van der Waals surface area contributed by atoms with Crippen molar-refractivity contribution >= 4 is 23.5 Å². The zero-order valence-corrected chi connectivity index (χ0v) is 27.7. The van der Waals surface area contributed by atoms with Gasteiger partial charge in [-0.2, -0.15) is 4.98 Å². The van der Waals surface area contributed by atoms with Crippen LogP contribution in [0.2, 0.25) is 0 Å². The van der Waals surface area contributed by atoms with Crippen molar-refractivity contribution in [3.8, 4) is 17.2 Å². The van der Waals surface area contributed by atoms with Crippen LogP contribution in [0, 0.1) is 26.6 Å². The lowest BCUT2D eigenvalue weighted by atomic mass is 10.1. The monoisotopic (exact) mass is 641 g/mol. The summed E-state index contributed by atoms with van der Waals surface area (Å²) in [5.74, 6) is 1.56. The Morgan fingerprint density at radius 2 is 1.72 bits per heavy atom. The number of hydrogen-bond acceptors (Lipinski definition) is 8. The summed E-state index contributed by atoms with van der Waals surface area (Å²) < 4.78 is 31.9. The molecule has 1 N–H and O–H groups in total. The summed E-state index contributed by atoms with van der Waals surface area (Å²) in [5.41, 5.74) is 4.30. The van der Waals surface area contributed by atoms with Gasteiger partial charge in [-0.1, -0.05) is 36.2 Å². The molecule has 1 fully saturated rings. The molecule has 1 saturated heterocycles. The van der Waals surface area contributed by atoms with Crippen LogP contribution in [0.4, 0.5) is 26.6 Å². The Hall–Kier alpha value is -4.70. The summed E-state index contributed by atoms with van der Waals surface area (Å²) in [6.07, 6.45) is 6.17. The summed E-state index contributed by atoms with van der Waals surface area (Å²) in [6, 6.07) is 18.0. The van der Waals surface area contributed by atoms with Gasteiger partial charge in [-0.25, -0.2) is 14.2 Å². The van der Waals surface area contributed by atoms with E-state index < -0.39 is 11.9 Å². The number of benzene rings is 3. The molecule has 4 aromatic rings. The third-order valence-corrected chi connectivity index (χ3v) is 8.23.